The van der Waals surface area contributed by atoms with E-state index in [1.807, 2.05) is 24.3 Å². The van der Waals surface area contributed by atoms with Crippen molar-refractivity contribution < 1.29 is 43.1 Å². The highest BCUT2D eigenvalue weighted by Gasteiger charge is 2.52. The third-order valence-electron chi connectivity index (χ3n) is 7.90. The molecule has 2 heterocycles. The summed E-state index contributed by atoms with van der Waals surface area (Å²) in [5.41, 5.74) is 3.28. The fraction of sp³-hybridized carbons (Fsp3) is 0.375. The summed E-state index contributed by atoms with van der Waals surface area (Å²) in [6.07, 6.45) is -0.538. The fourth-order valence-electron chi connectivity index (χ4n) is 6.09. The average molecular weight is 591 g/mol. The summed E-state index contributed by atoms with van der Waals surface area (Å²) >= 11 is 0. The van der Waals surface area contributed by atoms with E-state index in [0.29, 0.717) is 17.2 Å². The Labute approximate surface area is 249 Å². The molecule has 1 fully saturated rings. The van der Waals surface area contributed by atoms with Crippen LogP contribution in [0.15, 0.2) is 48.5 Å². The summed E-state index contributed by atoms with van der Waals surface area (Å²) in [5, 5.41) is 16.9. The molecule has 4 atom stereocenters. The van der Waals surface area contributed by atoms with Crippen molar-refractivity contribution in [1.82, 2.24) is 0 Å². The van der Waals surface area contributed by atoms with Gasteiger partial charge in [0.2, 0.25) is 12.5 Å². The Kier molecular flexibility index (Phi) is 7.11. The maximum absolute atomic E-state index is 13.4. The standard InChI is InChI=1S/C32H34N2O9/c1-32(2,3)43-31(37)34-18-8-6-17(7-9-18)33-28-20-13-23-22(41-15-42-23)12-19(20)26(27-21(28)14-40-30(27)36)16-10-24(38-4)29(35)25(11-16)39-5/h6-13,21,26-28,33,35H,14-15H2,1-5H3,(H,34,37)/t21-,26+,27-,28+/m0/s1. The average Bonchev–Trinajstić information content (AvgIpc) is 3.58. The van der Waals surface area contributed by atoms with Crippen LogP contribution in [0.3, 0.4) is 0 Å². The van der Waals surface area contributed by atoms with Gasteiger partial charge in [0.25, 0.3) is 0 Å². The topological polar surface area (TPSA) is 134 Å². The van der Waals surface area contributed by atoms with Gasteiger partial charge in [-0.3, -0.25) is 10.1 Å². The summed E-state index contributed by atoms with van der Waals surface area (Å²) < 4.78 is 33.4. The Morgan fingerprint density at radius 3 is 2.12 bits per heavy atom. The van der Waals surface area contributed by atoms with Crippen LogP contribution >= 0.6 is 0 Å². The van der Waals surface area contributed by atoms with Crippen LogP contribution < -0.4 is 29.6 Å². The van der Waals surface area contributed by atoms with Crippen LogP contribution in [0, 0.1) is 11.8 Å². The number of phenols is 1. The van der Waals surface area contributed by atoms with Crippen LogP contribution in [0.25, 0.3) is 0 Å². The number of ether oxygens (including phenoxy) is 6. The Bertz CT molecular complexity index is 1540. The van der Waals surface area contributed by atoms with E-state index < -0.39 is 23.5 Å². The molecule has 226 valence electrons. The first kappa shape index (κ1) is 28.3. The molecule has 1 saturated heterocycles. The molecule has 1 amide bonds. The second-order valence-electron chi connectivity index (χ2n) is 11.7. The SMILES string of the molecule is COc1cc([C@@H]2c3cc4c(cc3[C@@H](Nc3ccc(NC(=O)OC(C)(C)C)cc3)[C@H]3COC(=O)[C@H]23)OCO4)cc(OC)c1O. The van der Waals surface area contributed by atoms with Gasteiger partial charge in [-0.25, -0.2) is 4.79 Å². The molecule has 0 spiro atoms. The molecule has 2 aliphatic heterocycles. The lowest BCUT2D eigenvalue weighted by Crippen LogP contribution is -2.37. The number of nitrogens with one attached hydrogen (secondary N) is 2. The molecule has 0 bridgehead atoms. The van der Waals surface area contributed by atoms with E-state index in [4.69, 9.17) is 28.4 Å². The molecule has 6 rings (SSSR count). The number of rotatable bonds is 6. The molecule has 3 aromatic rings. The van der Waals surface area contributed by atoms with Gasteiger partial charge in [-0.1, -0.05) is 0 Å². The molecule has 0 saturated carbocycles. The number of hydrogen-bond acceptors (Lipinski definition) is 10. The summed E-state index contributed by atoms with van der Waals surface area (Å²) in [5.74, 6) is 0.0193. The molecule has 11 nitrogen and oxygen atoms in total. The number of fused-ring (bicyclic) bond motifs is 3. The van der Waals surface area contributed by atoms with E-state index in [0.717, 1.165) is 22.4 Å². The van der Waals surface area contributed by atoms with Gasteiger partial charge >= 0.3 is 12.1 Å². The molecule has 1 aliphatic carbocycles. The largest absolute Gasteiger partial charge is 0.502 e. The van der Waals surface area contributed by atoms with Crippen LogP contribution in [-0.4, -0.2) is 50.4 Å². The van der Waals surface area contributed by atoms with Gasteiger partial charge in [-0.15, -0.1) is 0 Å². The van der Waals surface area contributed by atoms with E-state index in [2.05, 4.69) is 10.6 Å². The van der Waals surface area contributed by atoms with E-state index in [1.165, 1.54) is 14.2 Å². The molecule has 3 N–H and O–H groups in total. The van der Waals surface area contributed by atoms with Gasteiger partial charge in [-0.2, -0.15) is 0 Å². The lowest BCUT2D eigenvalue weighted by atomic mass is 9.65. The highest BCUT2D eigenvalue weighted by molar-refractivity contribution is 5.85. The molecule has 3 aliphatic rings. The van der Waals surface area contributed by atoms with Gasteiger partial charge < -0.3 is 38.8 Å². The van der Waals surface area contributed by atoms with Crippen molar-refractivity contribution in [3.05, 3.63) is 65.2 Å². The van der Waals surface area contributed by atoms with Gasteiger partial charge in [0.15, 0.2) is 23.0 Å². The fourth-order valence-corrected chi connectivity index (χ4v) is 6.09. The first-order valence-corrected chi connectivity index (χ1v) is 14.0. The highest BCUT2D eigenvalue weighted by Crippen LogP contribution is 2.56. The first-order chi connectivity index (χ1) is 20.6. The lowest BCUT2D eigenvalue weighted by Gasteiger charge is -2.40. The van der Waals surface area contributed by atoms with E-state index >= 15 is 0 Å². The number of phenolic OH excluding ortho intramolecular Hbond substituents is 1. The number of aromatic hydroxyl groups is 1. The summed E-state index contributed by atoms with van der Waals surface area (Å²) in [6.45, 7) is 5.73. The number of cyclic esters (lactones) is 1. The monoisotopic (exact) mass is 590 g/mol. The molecule has 11 heteroatoms. The third-order valence-corrected chi connectivity index (χ3v) is 7.90. The van der Waals surface area contributed by atoms with E-state index in [9.17, 15) is 14.7 Å². The molecular formula is C32H34N2O9. The van der Waals surface area contributed by atoms with Crippen LogP contribution in [-0.2, 0) is 14.3 Å². The van der Waals surface area contributed by atoms with Crippen molar-refractivity contribution in [3.63, 3.8) is 0 Å². The van der Waals surface area contributed by atoms with Crippen molar-refractivity contribution >= 4 is 23.4 Å². The number of methoxy groups -OCH3 is 2. The van der Waals surface area contributed by atoms with Gasteiger partial charge in [-0.05, 0) is 86.0 Å². The quantitative estimate of drug-likeness (QED) is 0.313. The number of anilines is 2. The maximum Gasteiger partial charge on any atom is 0.412 e. The van der Waals surface area contributed by atoms with Gasteiger partial charge in [0, 0.05) is 23.2 Å². The predicted molar refractivity (Wildman–Crippen MR) is 156 cm³/mol. The molecule has 43 heavy (non-hydrogen) atoms. The molecular weight excluding hydrogens is 556 g/mol. The Balaban J connectivity index is 1.39. The van der Waals surface area contributed by atoms with Crippen molar-refractivity contribution in [2.75, 3.05) is 38.3 Å². The van der Waals surface area contributed by atoms with Crippen molar-refractivity contribution in [1.29, 1.82) is 0 Å². The van der Waals surface area contributed by atoms with Crippen LogP contribution in [0.2, 0.25) is 0 Å². The number of benzene rings is 3. The summed E-state index contributed by atoms with van der Waals surface area (Å²) in [7, 11) is 2.93. The first-order valence-electron chi connectivity index (χ1n) is 14.0. The minimum Gasteiger partial charge on any atom is -0.502 e. The van der Waals surface area contributed by atoms with Gasteiger partial charge in [0.05, 0.1) is 32.8 Å². The lowest BCUT2D eigenvalue weighted by molar-refractivity contribution is -0.141. The third kappa shape index (κ3) is 5.31. The zero-order chi connectivity index (χ0) is 30.5. The maximum atomic E-state index is 13.4. The smallest absolute Gasteiger partial charge is 0.412 e. The summed E-state index contributed by atoms with van der Waals surface area (Å²) in [6, 6.07) is 14.3. The number of esters is 1. The number of hydrogen-bond donors (Lipinski definition) is 3. The number of carbonyl (C=O) groups excluding carboxylic acids is 2. The molecule has 0 unspecified atom stereocenters. The van der Waals surface area contributed by atoms with Crippen molar-refractivity contribution in [3.8, 4) is 28.7 Å². The minimum atomic E-state index is -0.611. The van der Waals surface area contributed by atoms with Gasteiger partial charge in [0.1, 0.15) is 5.60 Å². The van der Waals surface area contributed by atoms with Crippen molar-refractivity contribution in [2.45, 2.75) is 38.3 Å². The molecule has 3 aromatic carbocycles. The molecule has 0 radical (unpaired) electrons. The van der Waals surface area contributed by atoms with E-state index in [-0.39, 0.29) is 48.6 Å². The second-order valence-corrected chi connectivity index (χ2v) is 11.7. The Morgan fingerprint density at radius 1 is 0.907 bits per heavy atom. The minimum absolute atomic E-state index is 0.100. The normalized spacial score (nSPS) is 21.7. The zero-order valence-electron chi connectivity index (χ0n) is 24.6. The van der Waals surface area contributed by atoms with Crippen LogP contribution in [0.1, 0.15) is 49.4 Å². The van der Waals surface area contributed by atoms with Crippen molar-refractivity contribution in [2.24, 2.45) is 11.8 Å². The summed E-state index contributed by atoms with van der Waals surface area (Å²) in [4.78, 5) is 25.6. The predicted octanol–water partition coefficient (Wildman–Crippen LogP) is 5.57. The highest BCUT2D eigenvalue weighted by atomic mass is 16.7. The Hall–Kier alpha value is -4.80. The zero-order valence-corrected chi connectivity index (χ0v) is 24.6. The number of carbonyl (C=O) groups is 2. The second kappa shape index (κ2) is 10.8. The Morgan fingerprint density at radius 2 is 1.51 bits per heavy atom. The molecule has 0 aromatic heterocycles. The van der Waals surface area contributed by atoms with Crippen LogP contribution in [0.5, 0.6) is 28.7 Å². The number of amides is 1. The van der Waals surface area contributed by atoms with Crippen LogP contribution in [0.4, 0.5) is 16.2 Å². The van der Waals surface area contributed by atoms with E-state index in [1.54, 1.807) is 45.0 Å².